The lowest BCUT2D eigenvalue weighted by atomic mass is 10.1. The largest absolute Gasteiger partial charge is 0.481 e. The Morgan fingerprint density at radius 3 is 2.89 bits per heavy atom. The number of rotatable bonds is 5. The minimum atomic E-state index is -0.369. The number of benzene rings is 1. The molecule has 0 amide bonds. The molecule has 3 unspecified atom stereocenters. The molecule has 0 saturated heterocycles. The van der Waals surface area contributed by atoms with Gasteiger partial charge in [-0.2, -0.15) is 0 Å². The van der Waals surface area contributed by atoms with E-state index < -0.39 is 0 Å². The number of carbonyl (C=O) groups is 1. The number of ether oxygens (including phenoxy) is 2. The lowest BCUT2D eigenvalue weighted by molar-refractivity contribution is -0.122. The summed E-state index contributed by atoms with van der Waals surface area (Å²) in [6, 6.07) is 7.88. The molecule has 0 saturated carbocycles. The number of carbonyl (C=O) groups excluding carboxylic acids is 1. The van der Waals surface area contributed by atoms with Gasteiger partial charge in [0.1, 0.15) is 5.75 Å². The molecular weight excluding hydrogens is 248 g/mol. The van der Waals surface area contributed by atoms with E-state index in [0.29, 0.717) is 11.9 Å². The van der Waals surface area contributed by atoms with Crippen molar-refractivity contribution in [3.8, 4) is 5.75 Å². The number of fused-ring (bicyclic) bond motifs is 1. The first-order valence-electron chi connectivity index (χ1n) is 6.04. The van der Waals surface area contributed by atoms with E-state index in [2.05, 4.69) is 6.92 Å². The highest BCUT2D eigenvalue weighted by Gasteiger charge is 2.38. The van der Waals surface area contributed by atoms with Crippen LogP contribution in [0.3, 0.4) is 0 Å². The number of para-hydroxylation sites is 1. The molecule has 0 radical (unpaired) electrons. The van der Waals surface area contributed by atoms with Crippen molar-refractivity contribution in [2.24, 2.45) is 0 Å². The number of thioether (sulfide) groups is 1. The van der Waals surface area contributed by atoms with Gasteiger partial charge in [0.2, 0.25) is 0 Å². The third-order valence-electron chi connectivity index (χ3n) is 2.94. The fraction of sp³-hybridized carbons (Fsp3) is 0.500. The molecule has 1 aliphatic heterocycles. The first-order valence-corrected chi connectivity index (χ1v) is 6.98. The van der Waals surface area contributed by atoms with Crippen LogP contribution in [0.5, 0.6) is 5.75 Å². The third kappa shape index (κ3) is 2.70. The summed E-state index contributed by atoms with van der Waals surface area (Å²) in [6.07, 6.45) is -0.369. The summed E-state index contributed by atoms with van der Waals surface area (Å²) >= 11 is 1.74. The second-order valence-electron chi connectivity index (χ2n) is 4.51. The predicted octanol–water partition coefficient (Wildman–Crippen LogP) is 2.85. The van der Waals surface area contributed by atoms with Crippen molar-refractivity contribution in [3.63, 3.8) is 0 Å². The molecule has 0 aliphatic carbocycles. The number of methoxy groups -OCH3 is 1. The van der Waals surface area contributed by atoms with Crippen molar-refractivity contribution in [2.75, 3.05) is 13.7 Å². The molecule has 0 aromatic heterocycles. The predicted molar refractivity (Wildman–Crippen MR) is 73.2 cm³/mol. The molecule has 4 heteroatoms. The van der Waals surface area contributed by atoms with Crippen LogP contribution < -0.4 is 4.74 Å². The summed E-state index contributed by atoms with van der Waals surface area (Å²) in [7, 11) is 1.69. The number of hydrogen-bond donors (Lipinski definition) is 0. The summed E-state index contributed by atoms with van der Waals surface area (Å²) in [5.74, 6) is 0.910. The molecule has 0 fully saturated rings. The summed E-state index contributed by atoms with van der Waals surface area (Å²) in [4.78, 5) is 11.7. The summed E-state index contributed by atoms with van der Waals surface area (Å²) in [5, 5.41) is 0.403. The SMILES string of the molecule is COCC(C)SC1c2ccccc2OC1C(C)=O. The molecule has 3 atom stereocenters. The maximum atomic E-state index is 11.7. The Bertz CT molecular complexity index is 433. The Hall–Kier alpha value is -1.00. The van der Waals surface area contributed by atoms with E-state index in [1.165, 1.54) is 0 Å². The fourth-order valence-corrected chi connectivity index (χ4v) is 3.60. The van der Waals surface area contributed by atoms with Gasteiger partial charge in [-0.25, -0.2) is 0 Å². The van der Waals surface area contributed by atoms with Crippen LogP contribution in [-0.2, 0) is 9.53 Å². The molecule has 3 nitrogen and oxygen atoms in total. The Balaban J connectivity index is 2.20. The topological polar surface area (TPSA) is 35.5 Å². The first-order chi connectivity index (χ1) is 8.63. The highest BCUT2D eigenvalue weighted by atomic mass is 32.2. The van der Waals surface area contributed by atoms with Gasteiger partial charge in [0, 0.05) is 17.9 Å². The number of ketones is 1. The van der Waals surface area contributed by atoms with Crippen LogP contribution >= 0.6 is 11.8 Å². The van der Waals surface area contributed by atoms with E-state index >= 15 is 0 Å². The van der Waals surface area contributed by atoms with Gasteiger partial charge in [-0.1, -0.05) is 25.1 Å². The molecule has 2 rings (SSSR count). The van der Waals surface area contributed by atoms with Gasteiger partial charge >= 0.3 is 0 Å². The van der Waals surface area contributed by atoms with Crippen molar-refractivity contribution < 1.29 is 14.3 Å². The van der Waals surface area contributed by atoms with Crippen LogP contribution in [0.25, 0.3) is 0 Å². The van der Waals surface area contributed by atoms with Gasteiger partial charge in [-0.3, -0.25) is 4.79 Å². The van der Waals surface area contributed by atoms with E-state index in [9.17, 15) is 4.79 Å². The monoisotopic (exact) mass is 266 g/mol. The van der Waals surface area contributed by atoms with Crippen LogP contribution in [0.1, 0.15) is 24.7 Å². The molecule has 1 aromatic carbocycles. The zero-order chi connectivity index (χ0) is 13.1. The zero-order valence-corrected chi connectivity index (χ0v) is 11.7. The Kier molecular flexibility index (Phi) is 4.30. The quantitative estimate of drug-likeness (QED) is 0.821. The van der Waals surface area contributed by atoms with Gasteiger partial charge in [0.15, 0.2) is 11.9 Å². The van der Waals surface area contributed by atoms with Crippen molar-refractivity contribution >= 4 is 17.5 Å². The van der Waals surface area contributed by atoms with E-state index in [1.54, 1.807) is 25.8 Å². The zero-order valence-electron chi connectivity index (χ0n) is 10.9. The minimum absolute atomic E-state index is 0.0730. The van der Waals surface area contributed by atoms with Crippen molar-refractivity contribution in [3.05, 3.63) is 29.8 Å². The van der Waals surface area contributed by atoms with Crippen LogP contribution in [-0.4, -0.2) is 30.9 Å². The van der Waals surface area contributed by atoms with Crippen LogP contribution in [0, 0.1) is 0 Å². The van der Waals surface area contributed by atoms with Crippen LogP contribution in [0.15, 0.2) is 24.3 Å². The van der Waals surface area contributed by atoms with Crippen LogP contribution in [0.2, 0.25) is 0 Å². The lowest BCUT2D eigenvalue weighted by Crippen LogP contribution is -2.26. The molecule has 0 N–H and O–H groups in total. The second kappa shape index (κ2) is 5.76. The maximum Gasteiger partial charge on any atom is 0.172 e. The maximum absolute atomic E-state index is 11.7. The van der Waals surface area contributed by atoms with E-state index in [1.807, 2.05) is 24.3 Å². The molecule has 18 heavy (non-hydrogen) atoms. The third-order valence-corrected chi connectivity index (χ3v) is 4.33. The van der Waals surface area contributed by atoms with Gasteiger partial charge < -0.3 is 9.47 Å². The van der Waals surface area contributed by atoms with Gasteiger partial charge in [0.05, 0.1) is 11.9 Å². The van der Waals surface area contributed by atoms with Crippen molar-refractivity contribution in [1.82, 2.24) is 0 Å². The average Bonchev–Trinajstić information content (AvgIpc) is 2.69. The van der Waals surface area contributed by atoms with E-state index in [-0.39, 0.29) is 17.1 Å². The highest BCUT2D eigenvalue weighted by molar-refractivity contribution is 8.00. The standard InChI is InChI=1S/C14H18O3S/c1-9(8-16-3)18-14-11-6-4-5-7-12(11)17-13(14)10(2)15/h4-7,9,13-14H,8H2,1-3H3. The molecule has 1 aromatic rings. The van der Waals surface area contributed by atoms with E-state index in [4.69, 9.17) is 9.47 Å². The van der Waals surface area contributed by atoms with Crippen molar-refractivity contribution in [1.29, 1.82) is 0 Å². The van der Waals surface area contributed by atoms with Gasteiger partial charge in [-0.05, 0) is 13.0 Å². The molecule has 0 bridgehead atoms. The fourth-order valence-electron chi connectivity index (χ4n) is 2.15. The molecule has 1 aliphatic rings. The lowest BCUT2D eigenvalue weighted by Gasteiger charge is -2.19. The van der Waals surface area contributed by atoms with Crippen molar-refractivity contribution in [2.45, 2.75) is 30.5 Å². The molecule has 98 valence electrons. The Morgan fingerprint density at radius 2 is 2.22 bits per heavy atom. The minimum Gasteiger partial charge on any atom is -0.481 e. The number of hydrogen-bond acceptors (Lipinski definition) is 4. The van der Waals surface area contributed by atoms with Crippen LogP contribution in [0.4, 0.5) is 0 Å². The van der Waals surface area contributed by atoms with Gasteiger partial charge in [0.25, 0.3) is 0 Å². The Labute approximate surface area is 112 Å². The summed E-state index contributed by atoms with van der Waals surface area (Å²) in [6.45, 7) is 4.37. The smallest absolute Gasteiger partial charge is 0.172 e. The molecule has 0 spiro atoms. The number of Topliss-reactive ketones (excluding diaryl/α,β-unsaturated/α-hetero) is 1. The average molecular weight is 266 g/mol. The molecule has 1 heterocycles. The summed E-state index contributed by atoms with van der Waals surface area (Å²) in [5.41, 5.74) is 1.12. The Morgan fingerprint density at radius 1 is 1.50 bits per heavy atom. The second-order valence-corrected chi connectivity index (χ2v) is 6.09. The molecular formula is C14H18O3S. The summed E-state index contributed by atoms with van der Waals surface area (Å²) < 4.78 is 10.9. The highest BCUT2D eigenvalue weighted by Crippen LogP contribution is 2.46. The van der Waals surface area contributed by atoms with E-state index in [0.717, 1.165) is 11.3 Å². The normalized spacial score (nSPS) is 23.3. The first kappa shape index (κ1) is 13.4. The van der Waals surface area contributed by atoms with Gasteiger partial charge in [-0.15, -0.1) is 11.8 Å².